The van der Waals surface area contributed by atoms with Crippen LogP contribution in [0.3, 0.4) is 0 Å². The van der Waals surface area contributed by atoms with E-state index in [1.54, 1.807) is 6.08 Å². The summed E-state index contributed by atoms with van der Waals surface area (Å²) in [5.74, 6) is -0.886. The Kier molecular flexibility index (Phi) is 4.10. The largest absolute Gasteiger partial charge is 0.459 e. The number of carbonyl (C=O) groups excluding carboxylic acids is 1. The number of rotatable bonds is 4. The zero-order valence-electron chi connectivity index (χ0n) is 10.4. The molecule has 0 aromatic rings. The van der Waals surface area contributed by atoms with Crippen LogP contribution in [0.5, 0.6) is 0 Å². The van der Waals surface area contributed by atoms with Crippen molar-refractivity contribution in [3.63, 3.8) is 0 Å². The first kappa shape index (κ1) is 13.2. The van der Waals surface area contributed by atoms with Crippen molar-refractivity contribution in [2.75, 3.05) is 6.61 Å². The summed E-state index contributed by atoms with van der Waals surface area (Å²) in [5, 5.41) is 0. The maximum Gasteiger partial charge on any atom is 0.303 e. The highest BCUT2D eigenvalue weighted by Gasteiger charge is 2.40. The molecule has 1 saturated heterocycles. The second-order valence-electron chi connectivity index (χ2n) is 4.54. The summed E-state index contributed by atoms with van der Waals surface area (Å²) < 4.78 is 16.4. The van der Waals surface area contributed by atoms with Crippen molar-refractivity contribution in [1.29, 1.82) is 0 Å². The number of ether oxygens (including phenoxy) is 3. The number of esters is 1. The summed E-state index contributed by atoms with van der Waals surface area (Å²) >= 11 is 0. The molecule has 1 heterocycles. The van der Waals surface area contributed by atoms with Crippen molar-refractivity contribution in [3.05, 3.63) is 12.7 Å². The lowest BCUT2D eigenvalue weighted by Gasteiger charge is -2.26. The van der Waals surface area contributed by atoms with E-state index in [0.29, 0.717) is 6.61 Å². The van der Waals surface area contributed by atoms with E-state index >= 15 is 0 Å². The van der Waals surface area contributed by atoms with Crippen molar-refractivity contribution in [3.8, 4) is 0 Å². The van der Waals surface area contributed by atoms with Gasteiger partial charge in [-0.3, -0.25) is 4.79 Å². The van der Waals surface area contributed by atoms with Crippen LogP contribution in [0.2, 0.25) is 0 Å². The molecular weight excluding hydrogens is 208 g/mol. The molecule has 3 atom stereocenters. The summed E-state index contributed by atoms with van der Waals surface area (Å²) in [4.78, 5) is 11.0. The molecule has 1 aliphatic heterocycles. The zero-order valence-corrected chi connectivity index (χ0v) is 10.4. The fraction of sp³-hybridized carbons (Fsp3) is 0.750. The van der Waals surface area contributed by atoms with Gasteiger partial charge in [0.15, 0.2) is 5.79 Å². The van der Waals surface area contributed by atoms with Gasteiger partial charge in [-0.2, -0.15) is 0 Å². The first-order chi connectivity index (χ1) is 7.35. The Morgan fingerprint density at radius 3 is 2.62 bits per heavy atom. The quantitative estimate of drug-likeness (QED) is 0.544. The van der Waals surface area contributed by atoms with Gasteiger partial charge in [0.2, 0.25) is 0 Å². The molecule has 0 aromatic carbocycles. The van der Waals surface area contributed by atoms with Crippen LogP contribution < -0.4 is 0 Å². The molecule has 1 rings (SSSR count). The summed E-state index contributed by atoms with van der Waals surface area (Å²) in [6.45, 7) is 11.2. The molecule has 1 aliphatic rings. The minimum atomic E-state index is -0.607. The predicted molar refractivity (Wildman–Crippen MR) is 59.8 cm³/mol. The van der Waals surface area contributed by atoms with E-state index in [0.717, 1.165) is 0 Å². The summed E-state index contributed by atoms with van der Waals surface area (Å²) in [7, 11) is 0. The summed E-state index contributed by atoms with van der Waals surface area (Å²) in [6.07, 6.45) is 1.19. The van der Waals surface area contributed by atoms with Crippen molar-refractivity contribution >= 4 is 5.97 Å². The van der Waals surface area contributed by atoms with Crippen LogP contribution in [0.1, 0.15) is 27.7 Å². The molecule has 0 aliphatic carbocycles. The van der Waals surface area contributed by atoms with Gasteiger partial charge in [-0.15, -0.1) is 6.58 Å². The van der Waals surface area contributed by atoms with Crippen LogP contribution >= 0.6 is 0 Å². The SMILES string of the molecule is C=C[C@H](C)[C@H](OC(C)=O)[C@H]1COC(C)(C)O1. The normalized spacial score (nSPS) is 27.1. The molecule has 92 valence electrons. The minimum absolute atomic E-state index is 0.0337. The number of hydrogen-bond donors (Lipinski definition) is 0. The molecule has 4 heteroatoms. The minimum Gasteiger partial charge on any atom is -0.459 e. The smallest absolute Gasteiger partial charge is 0.303 e. The molecule has 4 nitrogen and oxygen atoms in total. The van der Waals surface area contributed by atoms with Crippen LogP contribution in [0, 0.1) is 5.92 Å². The van der Waals surface area contributed by atoms with E-state index in [1.807, 2.05) is 20.8 Å². The fourth-order valence-corrected chi connectivity index (χ4v) is 1.72. The highest BCUT2D eigenvalue weighted by atomic mass is 16.8. The van der Waals surface area contributed by atoms with E-state index in [9.17, 15) is 4.79 Å². The molecule has 16 heavy (non-hydrogen) atoms. The number of carbonyl (C=O) groups is 1. The molecule has 0 unspecified atom stereocenters. The third-order valence-electron chi connectivity index (χ3n) is 2.59. The zero-order chi connectivity index (χ0) is 12.3. The Morgan fingerprint density at radius 1 is 1.62 bits per heavy atom. The van der Waals surface area contributed by atoms with Gasteiger partial charge in [0.05, 0.1) is 6.61 Å². The molecule has 1 fully saturated rings. The van der Waals surface area contributed by atoms with E-state index in [2.05, 4.69) is 6.58 Å². The van der Waals surface area contributed by atoms with Crippen LogP contribution in [0.25, 0.3) is 0 Å². The van der Waals surface area contributed by atoms with Crippen molar-refractivity contribution in [2.24, 2.45) is 5.92 Å². The Hall–Kier alpha value is -0.870. The summed E-state index contributed by atoms with van der Waals surface area (Å²) in [6, 6.07) is 0. The van der Waals surface area contributed by atoms with E-state index in [-0.39, 0.29) is 24.1 Å². The van der Waals surface area contributed by atoms with Crippen LogP contribution in [0.4, 0.5) is 0 Å². The van der Waals surface area contributed by atoms with Gasteiger partial charge in [0.25, 0.3) is 0 Å². The van der Waals surface area contributed by atoms with E-state index in [4.69, 9.17) is 14.2 Å². The molecule has 0 radical (unpaired) electrons. The average molecular weight is 228 g/mol. The Morgan fingerprint density at radius 2 is 2.25 bits per heavy atom. The molecule has 0 amide bonds. The van der Waals surface area contributed by atoms with Crippen LogP contribution in [-0.2, 0) is 19.0 Å². The fourth-order valence-electron chi connectivity index (χ4n) is 1.72. The average Bonchev–Trinajstić information content (AvgIpc) is 2.53. The highest BCUT2D eigenvalue weighted by molar-refractivity contribution is 5.66. The van der Waals surface area contributed by atoms with Gasteiger partial charge >= 0.3 is 5.97 Å². The monoisotopic (exact) mass is 228 g/mol. The third kappa shape index (κ3) is 3.32. The lowest BCUT2D eigenvalue weighted by Crippen LogP contribution is -2.38. The molecule has 0 N–H and O–H groups in total. The molecular formula is C12H20O4. The van der Waals surface area contributed by atoms with Crippen LogP contribution in [-0.4, -0.2) is 30.6 Å². The van der Waals surface area contributed by atoms with E-state index in [1.165, 1.54) is 6.92 Å². The molecule has 0 aromatic heterocycles. The van der Waals surface area contributed by atoms with E-state index < -0.39 is 5.79 Å². The standard InChI is InChI=1S/C12H20O4/c1-6-8(2)11(15-9(3)13)10-7-14-12(4,5)16-10/h6,8,10-11H,1,7H2,2-5H3/t8-,10+,11-/m0/s1. The Labute approximate surface area is 96.6 Å². The van der Waals surface area contributed by atoms with Gasteiger partial charge in [0, 0.05) is 12.8 Å². The van der Waals surface area contributed by atoms with Gasteiger partial charge in [-0.1, -0.05) is 13.0 Å². The topological polar surface area (TPSA) is 44.8 Å². The second-order valence-corrected chi connectivity index (χ2v) is 4.54. The molecule has 0 saturated carbocycles. The van der Waals surface area contributed by atoms with Crippen molar-refractivity contribution < 1.29 is 19.0 Å². The Bertz CT molecular complexity index is 272. The Balaban J connectivity index is 2.70. The second kappa shape index (κ2) is 4.97. The predicted octanol–water partition coefficient (Wildman–Crippen LogP) is 1.89. The number of hydrogen-bond acceptors (Lipinski definition) is 4. The lowest BCUT2D eigenvalue weighted by atomic mass is 10.00. The lowest BCUT2D eigenvalue weighted by molar-refractivity contribution is -0.172. The maximum absolute atomic E-state index is 11.0. The summed E-state index contributed by atoms with van der Waals surface area (Å²) in [5.41, 5.74) is 0. The van der Waals surface area contributed by atoms with Crippen molar-refractivity contribution in [1.82, 2.24) is 0 Å². The van der Waals surface area contributed by atoms with Crippen LogP contribution in [0.15, 0.2) is 12.7 Å². The molecule has 0 spiro atoms. The molecule has 0 bridgehead atoms. The first-order valence-electron chi connectivity index (χ1n) is 5.47. The van der Waals surface area contributed by atoms with Gasteiger partial charge in [-0.05, 0) is 13.8 Å². The van der Waals surface area contributed by atoms with Crippen molar-refractivity contribution in [2.45, 2.75) is 45.7 Å². The van der Waals surface area contributed by atoms with Gasteiger partial charge in [0.1, 0.15) is 12.2 Å². The van der Waals surface area contributed by atoms with Gasteiger partial charge in [-0.25, -0.2) is 0 Å². The maximum atomic E-state index is 11.0. The highest BCUT2D eigenvalue weighted by Crippen LogP contribution is 2.28. The third-order valence-corrected chi connectivity index (χ3v) is 2.59. The first-order valence-corrected chi connectivity index (χ1v) is 5.47. The van der Waals surface area contributed by atoms with Gasteiger partial charge < -0.3 is 14.2 Å².